The van der Waals surface area contributed by atoms with Gasteiger partial charge in [0.05, 0.1) is 18.2 Å². The number of aromatic nitrogens is 1. The largest absolute Gasteiger partial charge is 0.379 e. The lowest BCUT2D eigenvalue weighted by Gasteiger charge is -2.23. The molecule has 4 nitrogen and oxygen atoms in total. The van der Waals surface area contributed by atoms with Crippen LogP contribution in [0.15, 0.2) is 6.20 Å². The van der Waals surface area contributed by atoms with E-state index in [4.69, 9.17) is 4.74 Å². The third-order valence-electron chi connectivity index (χ3n) is 2.64. The van der Waals surface area contributed by atoms with Gasteiger partial charge in [-0.1, -0.05) is 0 Å². The van der Waals surface area contributed by atoms with E-state index in [1.807, 2.05) is 13.1 Å². The quantitative estimate of drug-likeness (QED) is 0.753. The van der Waals surface area contributed by atoms with E-state index in [-0.39, 0.29) is 0 Å². The van der Waals surface area contributed by atoms with Gasteiger partial charge < -0.3 is 15.4 Å². The van der Waals surface area contributed by atoms with Gasteiger partial charge in [-0.25, -0.2) is 4.98 Å². The first kappa shape index (κ1) is 12.0. The average Bonchev–Trinajstić information content (AvgIpc) is 2.72. The van der Waals surface area contributed by atoms with E-state index in [1.165, 1.54) is 4.88 Å². The number of hydrogen-bond acceptors (Lipinski definition) is 5. The van der Waals surface area contributed by atoms with Crippen LogP contribution in [0.2, 0.25) is 0 Å². The summed E-state index contributed by atoms with van der Waals surface area (Å²) in [5, 5.41) is 8.02. The highest BCUT2D eigenvalue weighted by Gasteiger charge is 2.11. The number of aryl methyl sites for hydroxylation is 1. The minimum absolute atomic E-state index is 0.518. The van der Waals surface area contributed by atoms with Gasteiger partial charge in [-0.2, -0.15) is 0 Å². The molecule has 0 bridgehead atoms. The zero-order chi connectivity index (χ0) is 11.2. The van der Waals surface area contributed by atoms with Crippen LogP contribution < -0.4 is 10.6 Å². The van der Waals surface area contributed by atoms with Crippen LogP contribution in [-0.2, 0) is 11.3 Å². The van der Waals surface area contributed by atoms with Crippen LogP contribution in [0.4, 0.5) is 0 Å². The first-order valence-electron chi connectivity index (χ1n) is 5.78. The molecule has 1 aromatic heterocycles. The van der Waals surface area contributed by atoms with Crippen LogP contribution in [0.25, 0.3) is 0 Å². The summed E-state index contributed by atoms with van der Waals surface area (Å²) in [5.41, 5.74) is 0. The number of nitrogens with zero attached hydrogens (tertiary/aromatic N) is 1. The summed E-state index contributed by atoms with van der Waals surface area (Å²) >= 11 is 1.76. The van der Waals surface area contributed by atoms with E-state index in [0.29, 0.717) is 6.04 Å². The fourth-order valence-corrected chi connectivity index (χ4v) is 2.54. The van der Waals surface area contributed by atoms with Crippen molar-refractivity contribution in [2.45, 2.75) is 25.9 Å². The maximum absolute atomic E-state index is 5.40. The van der Waals surface area contributed by atoms with E-state index < -0.39 is 0 Å². The van der Waals surface area contributed by atoms with Gasteiger partial charge in [0.1, 0.15) is 0 Å². The minimum atomic E-state index is 0.518. The molecule has 2 N–H and O–H groups in total. The summed E-state index contributed by atoms with van der Waals surface area (Å²) in [6.45, 7) is 6.68. The van der Waals surface area contributed by atoms with Gasteiger partial charge in [0.25, 0.3) is 0 Å². The van der Waals surface area contributed by atoms with Crippen molar-refractivity contribution in [1.82, 2.24) is 15.6 Å². The molecule has 0 saturated carbocycles. The van der Waals surface area contributed by atoms with Gasteiger partial charge >= 0.3 is 0 Å². The number of rotatable bonds is 5. The van der Waals surface area contributed by atoms with Crippen LogP contribution in [-0.4, -0.2) is 37.3 Å². The van der Waals surface area contributed by atoms with Crippen molar-refractivity contribution in [3.05, 3.63) is 16.1 Å². The van der Waals surface area contributed by atoms with Gasteiger partial charge in [-0.15, -0.1) is 11.3 Å². The Morgan fingerprint density at radius 1 is 1.69 bits per heavy atom. The van der Waals surface area contributed by atoms with Crippen LogP contribution in [0.5, 0.6) is 0 Å². The molecule has 0 spiro atoms. The van der Waals surface area contributed by atoms with Crippen molar-refractivity contribution in [1.29, 1.82) is 0 Å². The highest BCUT2D eigenvalue weighted by molar-refractivity contribution is 7.11. The van der Waals surface area contributed by atoms with E-state index in [1.54, 1.807) is 11.3 Å². The smallest absolute Gasteiger partial charge is 0.0897 e. The SMILES string of the molecule is Cc1ncc(CNCCC2COCCN2)s1. The number of nitrogens with one attached hydrogen (secondary N) is 2. The highest BCUT2D eigenvalue weighted by Crippen LogP contribution is 2.10. The molecule has 5 heteroatoms. The van der Waals surface area contributed by atoms with E-state index in [9.17, 15) is 0 Å². The Kier molecular flexibility index (Phi) is 4.71. The maximum Gasteiger partial charge on any atom is 0.0897 e. The monoisotopic (exact) mass is 241 g/mol. The summed E-state index contributed by atoms with van der Waals surface area (Å²) in [6.07, 6.45) is 3.08. The third kappa shape index (κ3) is 3.83. The molecular formula is C11H19N3OS. The Balaban J connectivity index is 1.57. The highest BCUT2D eigenvalue weighted by atomic mass is 32.1. The van der Waals surface area contributed by atoms with E-state index in [2.05, 4.69) is 15.6 Å². The molecule has 90 valence electrons. The molecule has 0 radical (unpaired) electrons. The summed E-state index contributed by atoms with van der Waals surface area (Å²) in [7, 11) is 0. The van der Waals surface area contributed by atoms with Gasteiger partial charge in [0.2, 0.25) is 0 Å². The molecule has 1 unspecified atom stereocenters. The Morgan fingerprint density at radius 2 is 2.62 bits per heavy atom. The van der Waals surface area contributed by atoms with Crippen molar-refractivity contribution >= 4 is 11.3 Å². The maximum atomic E-state index is 5.40. The van der Waals surface area contributed by atoms with Crippen molar-refractivity contribution in [2.75, 3.05) is 26.3 Å². The molecule has 0 amide bonds. The lowest BCUT2D eigenvalue weighted by atomic mass is 10.2. The molecular weight excluding hydrogens is 222 g/mol. The average molecular weight is 241 g/mol. The van der Waals surface area contributed by atoms with E-state index in [0.717, 1.165) is 44.3 Å². The lowest BCUT2D eigenvalue weighted by molar-refractivity contribution is 0.0742. The first-order valence-corrected chi connectivity index (χ1v) is 6.59. The second-order valence-electron chi connectivity index (χ2n) is 4.04. The summed E-state index contributed by atoms with van der Waals surface area (Å²) in [4.78, 5) is 5.54. The molecule has 2 heterocycles. The molecule has 16 heavy (non-hydrogen) atoms. The van der Waals surface area contributed by atoms with Crippen LogP contribution in [0.1, 0.15) is 16.3 Å². The fourth-order valence-electron chi connectivity index (χ4n) is 1.78. The molecule has 1 aliphatic heterocycles. The minimum Gasteiger partial charge on any atom is -0.379 e. The lowest BCUT2D eigenvalue weighted by Crippen LogP contribution is -2.42. The number of thiazole rings is 1. The summed E-state index contributed by atoms with van der Waals surface area (Å²) in [5.74, 6) is 0. The van der Waals surface area contributed by atoms with Crippen molar-refractivity contribution in [2.24, 2.45) is 0 Å². The Hall–Kier alpha value is -0.490. The zero-order valence-corrected chi connectivity index (χ0v) is 10.5. The Bertz CT molecular complexity index is 310. The second-order valence-corrected chi connectivity index (χ2v) is 5.36. The van der Waals surface area contributed by atoms with Gasteiger partial charge in [-0.3, -0.25) is 0 Å². The summed E-state index contributed by atoms with van der Waals surface area (Å²) < 4.78 is 5.40. The number of hydrogen-bond donors (Lipinski definition) is 2. The van der Waals surface area contributed by atoms with E-state index >= 15 is 0 Å². The predicted molar refractivity (Wildman–Crippen MR) is 65.8 cm³/mol. The molecule has 0 aliphatic carbocycles. The summed E-state index contributed by atoms with van der Waals surface area (Å²) in [6, 6.07) is 0.518. The van der Waals surface area contributed by atoms with Crippen LogP contribution in [0.3, 0.4) is 0 Å². The van der Waals surface area contributed by atoms with Crippen molar-refractivity contribution in [3.8, 4) is 0 Å². The van der Waals surface area contributed by atoms with Gasteiger partial charge in [0.15, 0.2) is 0 Å². The molecule has 1 fully saturated rings. The molecule has 0 aromatic carbocycles. The predicted octanol–water partition coefficient (Wildman–Crippen LogP) is 0.920. The van der Waals surface area contributed by atoms with Crippen LogP contribution in [0, 0.1) is 6.92 Å². The molecule has 1 saturated heterocycles. The molecule has 1 aliphatic rings. The normalized spacial score (nSPS) is 21.2. The number of ether oxygens (including phenoxy) is 1. The zero-order valence-electron chi connectivity index (χ0n) is 9.66. The standard InChI is InChI=1S/C11H19N3OS/c1-9-14-7-11(16-9)6-12-3-2-10-8-15-5-4-13-10/h7,10,12-13H,2-6,8H2,1H3. The first-order chi connectivity index (χ1) is 7.84. The topological polar surface area (TPSA) is 46.2 Å². The fraction of sp³-hybridized carbons (Fsp3) is 0.727. The Morgan fingerprint density at radius 3 is 3.31 bits per heavy atom. The van der Waals surface area contributed by atoms with Crippen LogP contribution >= 0.6 is 11.3 Å². The molecule has 1 aromatic rings. The van der Waals surface area contributed by atoms with Crippen molar-refractivity contribution in [3.63, 3.8) is 0 Å². The van der Waals surface area contributed by atoms with Gasteiger partial charge in [0, 0.05) is 30.2 Å². The van der Waals surface area contributed by atoms with Gasteiger partial charge in [-0.05, 0) is 19.9 Å². The second kappa shape index (κ2) is 6.30. The van der Waals surface area contributed by atoms with Crippen molar-refractivity contribution < 1.29 is 4.74 Å². The molecule has 1 atom stereocenters. The third-order valence-corrected chi connectivity index (χ3v) is 3.55. The molecule has 2 rings (SSSR count). The number of morpholine rings is 1. The Labute approximate surface area is 100 Å².